The minimum absolute atomic E-state index is 1.22. The Morgan fingerprint density at radius 1 is 0.229 bits per heavy atom. The van der Waals surface area contributed by atoms with Crippen LogP contribution in [-0.4, -0.2) is 0 Å². The van der Waals surface area contributed by atoms with Crippen LogP contribution >= 0.6 is 0 Å². The van der Waals surface area contributed by atoms with Crippen molar-refractivity contribution in [2.75, 3.05) is 0 Å². The van der Waals surface area contributed by atoms with Crippen LogP contribution in [0.15, 0.2) is 182 Å². The quantitative estimate of drug-likeness (QED) is 0.138. The minimum atomic E-state index is 1.22. The summed E-state index contributed by atoms with van der Waals surface area (Å²) in [6.07, 6.45) is 0. The summed E-state index contributed by atoms with van der Waals surface area (Å²) in [5, 5.41) is 13.0. The second-order valence-electron chi connectivity index (χ2n) is 12.8. The fourth-order valence-corrected chi connectivity index (χ4v) is 8.06. The molecule has 0 saturated heterocycles. The molecule has 0 spiro atoms. The highest BCUT2D eigenvalue weighted by Crippen LogP contribution is 2.45. The van der Waals surface area contributed by atoms with Crippen molar-refractivity contribution in [3.63, 3.8) is 0 Å². The first-order valence-electron chi connectivity index (χ1n) is 16.7. The molecular formula is C48H30. The van der Waals surface area contributed by atoms with E-state index < -0.39 is 0 Å². The monoisotopic (exact) mass is 606 g/mol. The van der Waals surface area contributed by atoms with Crippen LogP contribution in [0.25, 0.3) is 98.4 Å². The molecule has 0 heterocycles. The fraction of sp³-hybridized carbons (Fsp3) is 0. The molecule has 0 amide bonds. The molecule has 0 saturated carbocycles. The van der Waals surface area contributed by atoms with Gasteiger partial charge in [-0.15, -0.1) is 0 Å². The van der Waals surface area contributed by atoms with Crippen LogP contribution in [0.5, 0.6) is 0 Å². The molecule has 0 fully saturated rings. The SMILES string of the molecule is c1ccc(-c2c3ccccc3c(-c3cccc(-c4cccc(-c5ccc6ccc7cccc8ccc5c6c78)c4)c3)c3ccccc23)cc1. The van der Waals surface area contributed by atoms with E-state index in [1.54, 1.807) is 0 Å². The van der Waals surface area contributed by atoms with Crippen LogP contribution < -0.4 is 0 Å². The Kier molecular flexibility index (Phi) is 5.98. The van der Waals surface area contributed by atoms with Crippen molar-refractivity contribution in [1.29, 1.82) is 0 Å². The first kappa shape index (κ1) is 26.9. The zero-order valence-corrected chi connectivity index (χ0v) is 26.3. The molecular weight excluding hydrogens is 577 g/mol. The Morgan fingerprint density at radius 3 is 1.31 bits per heavy atom. The molecule has 0 bridgehead atoms. The summed E-state index contributed by atoms with van der Waals surface area (Å²) in [4.78, 5) is 0. The van der Waals surface area contributed by atoms with Crippen LogP contribution in [0.2, 0.25) is 0 Å². The van der Waals surface area contributed by atoms with Crippen molar-refractivity contribution in [3.05, 3.63) is 182 Å². The molecule has 10 rings (SSSR count). The Labute approximate surface area is 279 Å². The van der Waals surface area contributed by atoms with E-state index in [0.717, 1.165) is 0 Å². The molecule has 0 unspecified atom stereocenters. The van der Waals surface area contributed by atoms with Crippen LogP contribution in [0, 0.1) is 0 Å². The molecule has 0 nitrogen and oxygen atoms in total. The van der Waals surface area contributed by atoms with E-state index >= 15 is 0 Å². The van der Waals surface area contributed by atoms with Gasteiger partial charge in [0.05, 0.1) is 0 Å². The maximum atomic E-state index is 2.37. The van der Waals surface area contributed by atoms with Gasteiger partial charge in [0.25, 0.3) is 0 Å². The molecule has 0 atom stereocenters. The molecule has 0 aromatic heterocycles. The smallest absolute Gasteiger partial charge is 0.00206 e. The molecule has 0 radical (unpaired) electrons. The second-order valence-corrected chi connectivity index (χ2v) is 12.8. The summed E-state index contributed by atoms with van der Waals surface area (Å²) in [7, 11) is 0. The molecule has 10 aromatic carbocycles. The molecule has 48 heavy (non-hydrogen) atoms. The van der Waals surface area contributed by atoms with Crippen molar-refractivity contribution >= 4 is 53.9 Å². The van der Waals surface area contributed by atoms with Gasteiger partial charge in [0.15, 0.2) is 0 Å². The highest BCUT2D eigenvalue weighted by molar-refractivity contribution is 6.25. The van der Waals surface area contributed by atoms with Crippen LogP contribution in [-0.2, 0) is 0 Å². The normalized spacial score (nSPS) is 11.8. The fourth-order valence-electron chi connectivity index (χ4n) is 8.06. The highest BCUT2D eigenvalue weighted by atomic mass is 14.2. The number of rotatable bonds is 4. The third-order valence-corrected chi connectivity index (χ3v) is 10.2. The molecule has 222 valence electrons. The van der Waals surface area contributed by atoms with Crippen LogP contribution in [0.3, 0.4) is 0 Å². The van der Waals surface area contributed by atoms with Crippen LogP contribution in [0.4, 0.5) is 0 Å². The van der Waals surface area contributed by atoms with E-state index in [1.807, 2.05) is 0 Å². The summed E-state index contributed by atoms with van der Waals surface area (Å²) < 4.78 is 0. The number of hydrogen-bond donors (Lipinski definition) is 0. The molecule has 0 heteroatoms. The van der Waals surface area contributed by atoms with Crippen molar-refractivity contribution in [1.82, 2.24) is 0 Å². The van der Waals surface area contributed by atoms with Crippen molar-refractivity contribution in [2.24, 2.45) is 0 Å². The summed E-state index contributed by atoms with van der Waals surface area (Å²) in [5.74, 6) is 0. The maximum absolute atomic E-state index is 2.37. The second kappa shape index (κ2) is 10.7. The standard InChI is InChI=1S/C48H30/c1-2-11-31(12-3-1)46-40-19-4-6-21-42(40)47(43-22-7-5-20-41(43)46)38-18-10-16-36(30-38)35-15-9-17-37(29-35)39-27-25-34-24-23-32-13-8-14-33-26-28-44(39)48(34)45(32)33/h1-30H. The lowest BCUT2D eigenvalue weighted by atomic mass is 9.85. The van der Waals surface area contributed by atoms with Gasteiger partial charge in [0.1, 0.15) is 0 Å². The van der Waals surface area contributed by atoms with Gasteiger partial charge in [0, 0.05) is 0 Å². The van der Waals surface area contributed by atoms with Gasteiger partial charge in [-0.05, 0) is 111 Å². The number of benzene rings is 10. The molecule has 0 aliphatic rings. The van der Waals surface area contributed by atoms with Gasteiger partial charge < -0.3 is 0 Å². The van der Waals surface area contributed by atoms with Crippen molar-refractivity contribution in [2.45, 2.75) is 0 Å². The topological polar surface area (TPSA) is 0 Å². The van der Waals surface area contributed by atoms with E-state index in [2.05, 4.69) is 182 Å². The average molecular weight is 607 g/mol. The number of fused-ring (bicyclic) bond motifs is 2. The Morgan fingerprint density at radius 2 is 0.667 bits per heavy atom. The maximum Gasteiger partial charge on any atom is -0.00206 e. The first-order valence-corrected chi connectivity index (χ1v) is 16.7. The van der Waals surface area contributed by atoms with Gasteiger partial charge in [-0.3, -0.25) is 0 Å². The molecule has 0 aliphatic heterocycles. The lowest BCUT2D eigenvalue weighted by Gasteiger charge is -2.18. The van der Waals surface area contributed by atoms with Gasteiger partial charge in [0.2, 0.25) is 0 Å². The van der Waals surface area contributed by atoms with E-state index in [-0.39, 0.29) is 0 Å². The third kappa shape index (κ3) is 4.10. The predicted octanol–water partition coefficient (Wildman–Crippen LogP) is 13.6. The zero-order chi connectivity index (χ0) is 31.6. The Balaban J connectivity index is 1.15. The predicted molar refractivity (Wildman–Crippen MR) is 207 cm³/mol. The summed E-state index contributed by atoms with van der Waals surface area (Å²) in [5.41, 5.74) is 9.99. The van der Waals surface area contributed by atoms with Crippen LogP contribution in [0.1, 0.15) is 0 Å². The molecule has 0 aliphatic carbocycles. The van der Waals surface area contributed by atoms with E-state index in [9.17, 15) is 0 Å². The van der Waals surface area contributed by atoms with Gasteiger partial charge in [-0.25, -0.2) is 0 Å². The Hall–Kier alpha value is -6.24. The molecule has 10 aromatic rings. The minimum Gasteiger partial charge on any atom is -0.0622 e. The average Bonchev–Trinajstić information content (AvgIpc) is 3.16. The van der Waals surface area contributed by atoms with Gasteiger partial charge in [-0.1, -0.05) is 170 Å². The van der Waals surface area contributed by atoms with Gasteiger partial charge in [-0.2, -0.15) is 0 Å². The van der Waals surface area contributed by atoms with E-state index in [1.165, 1.54) is 98.4 Å². The number of hydrogen-bond acceptors (Lipinski definition) is 0. The zero-order valence-electron chi connectivity index (χ0n) is 26.3. The third-order valence-electron chi connectivity index (χ3n) is 10.2. The Bertz CT molecular complexity index is 2750. The lowest BCUT2D eigenvalue weighted by molar-refractivity contribution is 1.60. The summed E-state index contributed by atoms with van der Waals surface area (Å²) in [6.45, 7) is 0. The summed E-state index contributed by atoms with van der Waals surface area (Å²) in [6, 6.07) is 67.0. The van der Waals surface area contributed by atoms with Crippen molar-refractivity contribution in [3.8, 4) is 44.5 Å². The van der Waals surface area contributed by atoms with Gasteiger partial charge >= 0.3 is 0 Å². The largest absolute Gasteiger partial charge is 0.0622 e. The highest BCUT2D eigenvalue weighted by Gasteiger charge is 2.17. The summed E-state index contributed by atoms with van der Waals surface area (Å²) >= 11 is 0. The lowest BCUT2D eigenvalue weighted by Crippen LogP contribution is -1.91. The van der Waals surface area contributed by atoms with E-state index in [0.29, 0.717) is 0 Å². The first-order chi connectivity index (χ1) is 23.8. The van der Waals surface area contributed by atoms with Crippen molar-refractivity contribution < 1.29 is 0 Å². The van der Waals surface area contributed by atoms with E-state index in [4.69, 9.17) is 0 Å². The molecule has 0 N–H and O–H groups in total.